The van der Waals surface area contributed by atoms with Crippen molar-refractivity contribution in [3.05, 3.63) is 48.3 Å². The smallest absolute Gasteiger partial charge is 0.222 e. The van der Waals surface area contributed by atoms with Gasteiger partial charge in [-0.2, -0.15) is 10.2 Å². The van der Waals surface area contributed by atoms with Gasteiger partial charge in [0.25, 0.3) is 0 Å². The summed E-state index contributed by atoms with van der Waals surface area (Å²) in [4.78, 5) is 18.3. The molecule has 8 nitrogen and oxygen atoms in total. The second kappa shape index (κ2) is 9.05. The van der Waals surface area contributed by atoms with E-state index in [4.69, 9.17) is 4.74 Å². The Bertz CT molecular complexity index is 1270. The van der Waals surface area contributed by atoms with Gasteiger partial charge in [0.15, 0.2) is 5.82 Å². The lowest BCUT2D eigenvalue weighted by Gasteiger charge is -2.16. The van der Waals surface area contributed by atoms with Crippen molar-refractivity contribution in [1.29, 1.82) is 0 Å². The van der Waals surface area contributed by atoms with Gasteiger partial charge in [-0.15, -0.1) is 0 Å². The molecule has 0 spiro atoms. The van der Waals surface area contributed by atoms with Gasteiger partial charge in [-0.1, -0.05) is 26.0 Å². The maximum Gasteiger partial charge on any atom is 0.222 e. The van der Waals surface area contributed by atoms with E-state index in [2.05, 4.69) is 45.3 Å². The highest BCUT2D eigenvalue weighted by atomic mass is 16.5. The Morgan fingerprint density at radius 1 is 1.09 bits per heavy atom. The number of aromatic amines is 2. The summed E-state index contributed by atoms with van der Waals surface area (Å²) in [5.74, 6) is 3.08. The van der Waals surface area contributed by atoms with Gasteiger partial charge in [-0.25, -0.2) is 4.98 Å². The number of hydrogen-bond acceptors (Lipinski definition) is 5. The summed E-state index contributed by atoms with van der Waals surface area (Å²) >= 11 is 0. The molecule has 2 N–H and O–H groups in total. The Kier molecular flexibility index (Phi) is 5.81. The molecule has 0 radical (unpaired) electrons. The summed E-state index contributed by atoms with van der Waals surface area (Å²) in [5.41, 5.74) is 3.71. The van der Waals surface area contributed by atoms with Crippen molar-refractivity contribution >= 4 is 16.8 Å². The molecule has 0 saturated carbocycles. The lowest BCUT2D eigenvalue weighted by Crippen LogP contribution is -2.29. The molecule has 33 heavy (non-hydrogen) atoms. The SMILES string of the molecule is CC(C)Cc1nc(-c2ccc3[nH]nc(-c4cccc(OCCN5CCCC5=O)c4)c3c2)n[nH]1. The molecule has 0 unspecified atom stereocenters. The van der Waals surface area contributed by atoms with Crippen molar-refractivity contribution in [1.82, 2.24) is 30.3 Å². The van der Waals surface area contributed by atoms with E-state index < -0.39 is 0 Å². The van der Waals surface area contributed by atoms with Crippen molar-refractivity contribution in [3.63, 3.8) is 0 Å². The molecule has 1 saturated heterocycles. The standard InChI is InChI=1S/C25H28N6O2/c1-16(2)13-22-26-25(30-28-22)18-8-9-21-20(15-18)24(29-27-21)17-5-3-6-19(14-17)33-12-11-31-10-4-7-23(31)32/h3,5-6,8-9,14-16H,4,7,10-13H2,1-2H3,(H,27,29)(H,26,28,30). The topological polar surface area (TPSA) is 99.8 Å². The molecule has 2 aromatic carbocycles. The zero-order valence-corrected chi connectivity index (χ0v) is 19.0. The van der Waals surface area contributed by atoms with Crippen molar-refractivity contribution in [2.24, 2.45) is 5.92 Å². The Labute approximate surface area is 192 Å². The first-order valence-corrected chi connectivity index (χ1v) is 11.5. The van der Waals surface area contributed by atoms with E-state index >= 15 is 0 Å². The van der Waals surface area contributed by atoms with E-state index in [1.54, 1.807) is 0 Å². The highest BCUT2D eigenvalue weighted by Gasteiger charge is 2.19. The first-order valence-electron chi connectivity index (χ1n) is 11.5. The van der Waals surface area contributed by atoms with Crippen LogP contribution in [0.4, 0.5) is 0 Å². The highest BCUT2D eigenvalue weighted by molar-refractivity contribution is 5.95. The summed E-state index contributed by atoms with van der Waals surface area (Å²) in [6.07, 6.45) is 2.46. The van der Waals surface area contributed by atoms with Crippen molar-refractivity contribution in [3.8, 4) is 28.4 Å². The molecule has 8 heteroatoms. The van der Waals surface area contributed by atoms with Crippen LogP contribution in [0.5, 0.6) is 5.75 Å². The van der Waals surface area contributed by atoms with Crippen LogP contribution < -0.4 is 4.74 Å². The maximum absolute atomic E-state index is 11.8. The fraction of sp³-hybridized carbons (Fsp3) is 0.360. The number of nitrogens with one attached hydrogen (secondary N) is 2. The fourth-order valence-corrected chi connectivity index (χ4v) is 4.22. The molecule has 3 heterocycles. The quantitative estimate of drug-likeness (QED) is 0.424. The van der Waals surface area contributed by atoms with E-state index in [0.29, 0.717) is 31.3 Å². The predicted molar refractivity (Wildman–Crippen MR) is 127 cm³/mol. The zero-order valence-electron chi connectivity index (χ0n) is 19.0. The molecule has 1 fully saturated rings. The molecule has 170 valence electrons. The minimum absolute atomic E-state index is 0.217. The van der Waals surface area contributed by atoms with E-state index in [0.717, 1.165) is 58.7 Å². The summed E-state index contributed by atoms with van der Waals surface area (Å²) < 4.78 is 5.94. The Morgan fingerprint density at radius 3 is 2.82 bits per heavy atom. The molecule has 1 aliphatic heterocycles. The number of amides is 1. The third-order valence-corrected chi connectivity index (χ3v) is 5.86. The van der Waals surface area contributed by atoms with E-state index in [-0.39, 0.29) is 5.91 Å². The number of carbonyl (C=O) groups is 1. The first-order chi connectivity index (χ1) is 16.1. The molecular weight excluding hydrogens is 416 g/mol. The van der Waals surface area contributed by atoms with E-state index in [1.807, 2.05) is 41.3 Å². The average Bonchev–Trinajstić information content (AvgIpc) is 3.53. The number of H-pyrrole nitrogens is 2. The molecule has 0 aliphatic carbocycles. The molecule has 0 bridgehead atoms. The van der Waals surface area contributed by atoms with Gasteiger partial charge < -0.3 is 9.64 Å². The molecule has 4 aromatic rings. The molecular formula is C25H28N6O2. The molecule has 0 atom stereocenters. The van der Waals surface area contributed by atoms with Gasteiger partial charge in [0.1, 0.15) is 23.9 Å². The van der Waals surface area contributed by atoms with Gasteiger partial charge in [-0.3, -0.25) is 15.0 Å². The molecule has 5 rings (SSSR count). The number of aromatic nitrogens is 5. The van der Waals surface area contributed by atoms with Crippen LogP contribution in [0, 0.1) is 5.92 Å². The summed E-state index contributed by atoms with van der Waals surface area (Å²) in [7, 11) is 0. The van der Waals surface area contributed by atoms with Crippen LogP contribution in [0.1, 0.15) is 32.5 Å². The Balaban J connectivity index is 1.36. The van der Waals surface area contributed by atoms with Gasteiger partial charge in [-0.05, 0) is 42.7 Å². The minimum Gasteiger partial charge on any atom is -0.492 e. The lowest BCUT2D eigenvalue weighted by atomic mass is 10.1. The molecule has 1 aliphatic rings. The summed E-state index contributed by atoms with van der Waals surface area (Å²) in [6.45, 7) is 6.25. The summed E-state index contributed by atoms with van der Waals surface area (Å²) in [5, 5.41) is 16.1. The number of ether oxygens (including phenoxy) is 1. The van der Waals surface area contributed by atoms with Crippen molar-refractivity contribution in [2.75, 3.05) is 19.7 Å². The number of hydrogen-bond donors (Lipinski definition) is 2. The third-order valence-electron chi connectivity index (χ3n) is 5.86. The average molecular weight is 445 g/mol. The number of benzene rings is 2. The van der Waals surface area contributed by atoms with Crippen LogP contribution in [0.2, 0.25) is 0 Å². The summed E-state index contributed by atoms with van der Waals surface area (Å²) in [6, 6.07) is 14.0. The molecule has 2 aromatic heterocycles. The van der Waals surface area contributed by atoms with Crippen molar-refractivity contribution < 1.29 is 9.53 Å². The van der Waals surface area contributed by atoms with E-state index in [9.17, 15) is 4.79 Å². The van der Waals surface area contributed by atoms with Crippen molar-refractivity contribution in [2.45, 2.75) is 33.1 Å². The lowest BCUT2D eigenvalue weighted by molar-refractivity contribution is -0.128. The number of carbonyl (C=O) groups excluding carboxylic acids is 1. The zero-order chi connectivity index (χ0) is 22.8. The van der Waals surface area contributed by atoms with Gasteiger partial charge in [0, 0.05) is 35.9 Å². The second-order valence-electron chi connectivity index (χ2n) is 8.90. The Hall–Kier alpha value is -3.68. The number of likely N-dealkylation sites (tertiary alicyclic amines) is 1. The van der Waals surface area contributed by atoms with Crippen LogP contribution in [0.15, 0.2) is 42.5 Å². The van der Waals surface area contributed by atoms with Crippen LogP contribution in [0.25, 0.3) is 33.5 Å². The largest absolute Gasteiger partial charge is 0.492 e. The maximum atomic E-state index is 11.8. The highest BCUT2D eigenvalue weighted by Crippen LogP contribution is 2.31. The number of nitrogens with zero attached hydrogens (tertiary/aromatic N) is 4. The fourth-order valence-electron chi connectivity index (χ4n) is 4.22. The van der Waals surface area contributed by atoms with Crippen LogP contribution in [-0.4, -0.2) is 55.9 Å². The second-order valence-corrected chi connectivity index (χ2v) is 8.90. The molecule has 1 amide bonds. The minimum atomic E-state index is 0.217. The number of rotatable bonds is 8. The normalized spacial score (nSPS) is 14.0. The van der Waals surface area contributed by atoms with Crippen LogP contribution in [-0.2, 0) is 11.2 Å². The van der Waals surface area contributed by atoms with Crippen LogP contribution in [0.3, 0.4) is 0 Å². The first kappa shape index (κ1) is 21.2. The third kappa shape index (κ3) is 4.60. The monoisotopic (exact) mass is 444 g/mol. The van der Waals surface area contributed by atoms with Gasteiger partial charge in [0.2, 0.25) is 5.91 Å². The number of fused-ring (bicyclic) bond motifs is 1. The van der Waals surface area contributed by atoms with Crippen LogP contribution >= 0.6 is 0 Å². The van der Waals surface area contributed by atoms with Gasteiger partial charge in [0.05, 0.1) is 12.1 Å². The predicted octanol–water partition coefficient (Wildman–Crippen LogP) is 4.21. The Morgan fingerprint density at radius 2 is 2.00 bits per heavy atom. The van der Waals surface area contributed by atoms with E-state index in [1.165, 1.54) is 0 Å². The van der Waals surface area contributed by atoms with Gasteiger partial charge >= 0.3 is 0 Å².